The van der Waals surface area contributed by atoms with E-state index >= 15 is 0 Å². The third-order valence-corrected chi connectivity index (χ3v) is 2.89. The third kappa shape index (κ3) is 3.02. The van der Waals surface area contributed by atoms with Crippen LogP contribution in [0, 0.1) is 10.8 Å². The van der Waals surface area contributed by atoms with Crippen LogP contribution in [0.25, 0.3) is 0 Å². The van der Waals surface area contributed by atoms with Crippen molar-refractivity contribution in [2.75, 3.05) is 0 Å². The smallest absolute Gasteiger partial charge is 0.309 e. The van der Waals surface area contributed by atoms with Crippen molar-refractivity contribution in [3.05, 3.63) is 0 Å². The van der Waals surface area contributed by atoms with Crippen molar-refractivity contribution in [2.24, 2.45) is 10.8 Å². The average molecular weight is 184 g/mol. The van der Waals surface area contributed by atoms with Gasteiger partial charge in [-0.2, -0.15) is 0 Å². The molecule has 1 fully saturated rings. The van der Waals surface area contributed by atoms with Crippen molar-refractivity contribution in [3.8, 4) is 0 Å². The topological polar surface area (TPSA) is 37.3 Å². The molecule has 1 saturated carbocycles. The van der Waals surface area contributed by atoms with Crippen LogP contribution in [0.2, 0.25) is 0 Å². The first kappa shape index (κ1) is 10.6. The van der Waals surface area contributed by atoms with Crippen molar-refractivity contribution in [1.29, 1.82) is 0 Å². The van der Waals surface area contributed by atoms with Crippen molar-refractivity contribution < 1.29 is 9.90 Å². The number of rotatable bonds is 4. The molecule has 2 nitrogen and oxygen atoms in total. The Bertz CT molecular complexity index is 197. The van der Waals surface area contributed by atoms with Crippen molar-refractivity contribution >= 4 is 5.97 Å². The fourth-order valence-electron chi connectivity index (χ4n) is 1.68. The van der Waals surface area contributed by atoms with Gasteiger partial charge in [-0.15, -0.1) is 0 Å². The molecule has 0 aliphatic heterocycles. The number of hydrogen-bond acceptors (Lipinski definition) is 1. The van der Waals surface area contributed by atoms with Crippen molar-refractivity contribution in [2.45, 2.75) is 52.9 Å². The van der Waals surface area contributed by atoms with E-state index in [1.807, 2.05) is 0 Å². The van der Waals surface area contributed by atoms with Gasteiger partial charge in [-0.25, -0.2) is 0 Å². The molecule has 0 radical (unpaired) electrons. The monoisotopic (exact) mass is 184 g/mol. The predicted octanol–water partition coefficient (Wildman–Crippen LogP) is 3.07. The SMILES string of the molecule is CC(C)(C)CCCC1(C(=O)O)CC1. The summed E-state index contributed by atoms with van der Waals surface area (Å²) in [5.41, 5.74) is 0.0276. The largest absolute Gasteiger partial charge is 0.481 e. The molecule has 0 atom stereocenters. The average Bonchev–Trinajstić information content (AvgIpc) is 2.65. The lowest BCUT2D eigenvalue weighted by Crippen LogP contribution is -2.15. The lowest BCUT2D eigenvalue weighted by molar-refractivity contribution is -0.143. The van der Waals surface area contributed by atoms with E-state index in [2.05, 4.69) is 20.8 Å². The highest BCUT2D eigenvalue weighted by Crippen LogP contribution is 2.50. The second kappa shape index (κ2) is 3.32. The van der Waals surface area contributed by atoms with E-state index < -0.39 is 5.97 Å². The zero-order valence-corrected chi connectivity index (χ0v) is 8.89. The van der Waals surface area contributed by atoms with Crippen LogP contribution in [0.5, 0.6) is 0 Å². The fourth-order valence-corrected chi connectivity index (χ4v) is 1.68. The minimum absolute atomic E-state index is 0.314. The summed E-state index contributed by atoms with van der Waals surface area (Å²) >= 11 is 0. The maximum absolute atomic E-state index is 10.8. The molecule has 1 N–H and O–H groups in total. The molecule has 1 rings (SSSR count). The summed E-state index contributed by atoms with van der Waals surface area (Å²) in [4.78, 5) is 10.8. The van der Waals surface area contributed by atoms with Crippen molar-refractivity contribution in [1.82, 2.24) is 0 Å². The highest BCUT2D eigenvalue weighted by atomic mass is 16.4. The summed E-state index contributed by atoms with van der Waals surface area (Å²) in [6.07, 6.45) is 4.84. The maximum atomic E-state index is 10.8. The first-order chi connectivity index (χ1) is 5.86. The molecule has 0 unspecified atom stereocenters. The quantitative estimate of drug-likeness (QED) is 0.729. The molecule has 0 aromatic heterocycles. The first-order valence-electron chi connectivity index (χ1n) is 5.09. The Hall–Kier alpha value is -0.530. The number of aliphatic carboxylic acids is 1. The van der Waals surface area contributed by atoms with Gasteiger partial charge in [-0.1, -0.05) is 27.2 Å². The Labute approximate surface area is 80.3 Å². The van der Waals surface area contributed by atoms with E-state index in [1.165, 1.54) is 0 Å². The van der Waals surface area contributed by atoms with Gasteiger partial charge in [0.05, 0.1) is 5.41 Å². The van der Waals surface area contributed by atoms with E-state index in [-0.39, 0.29) is 5.41 Å². The number of carbonyl (C=O) groups is 1. The molecular weight excluding hydrogens is 164 g/mol. The Balaban J connectivity index is 2.24. The molecular formula is C11H20O2. The fraction of sp³-hybridized carbons (Fsp3) is 0.909. The molecule has 0 heterocycles. The van der Waals surface area contributed by atoms with Crippen LogP contribution >= 0.6 is 0 Å². The molecule has 0 amide bonds. The molecule has 0 bridgehead atoms. The van der Waals surface area contributed by atoms with E-state index in [9.17, 15) is 4.79 Å². The lowest BCUT2D eigenvalue weighted by atomic mass is 9.87. The summed E-state index contributed by atoms with van der Waals surface area (Å²) in [5.74, 6) is -0.582. The molecule has 1 aliphatic rings. The van der Waals surface area contributed by atoms with Gasteiger partial charge >= 0.3 is 5.97 Å². The second-order valence-electron chi connectivity index (χ2n) is 5.50. The third-order valence-electron chi connectivity index (χ3n) is 2.89. The summed E-state index contributed by atoms with van der Waals surface area (Å²) in [5, 5.41) is 8.93. The minimum atomic E-state index is -0.582. The Morgan fingerprint density at radius 3 is 2.23 bits per heavy atom. The van der Waals surface area contributed by atoms with Gasteiger partial charge in [0, 0.05) is 0 Å². The molecule has 76 valence electrons. The maximum Gasteiger partial charge on any atom is 0.309 e. The summed E-state index contributed by atoms with van der Waals surface area (Å²) in [7, 11) is 0. The molecule has 0 aromatic rings. The Morgan fingerprint density at radius 2 is 1.92 bits per heavy atom. The highest BCUT2D eigenvalue weighted by Gasteiger charge is 2.49. The lowest BCUT2D eigenvalue weighted by Gasteiger charge is -2.19. The van der Waals surface area contributed by atoms with E-state index in [4.69, 9.17) is 5.11 Å². The molecule has 0 aromatic carbocycles. The van der Waals surface area contributed by atoms with Crippen LogP contribution in [-0.2, 0) is 4.79 Å². The Morgan fingerprint density at radius 1 is 1.38 bits per heavy atom. The van der Waals surface area contributed by atoms with E-state index in [0.29, 0.717) is 5.41 Å². The van der Waals surface area contributed by atoms with Gasteiger partial charge in [0.1, 0.15) is 0 Å². The minimum Gasteiger partial charge on any atom is -0.481 e. The zero-order chi connectivity index (χ0) is 10.1. The standard InChI is InChI=1S/C11H20O2/c1-10(2,3)5-4-6-11(7-8-11)9(12)13/h4-8H2,1-3H3,(H,12,13). The zero-order valence-electron chi connectivity index (χ0n) is 8.89. The summed E-state index contributed by atoms with van der Waals surface area (Å²) in [6, 6.07) is 0. The van der Waals surface area contributed by atoms with E-state index in [0.717, 1.165) is 32.1 Å². The molecule has 13 heavy (non-hydrogen) atoms. The normalized spacial score (nSPS) is 19.9. The Kier molecular flexibility index (Phi) is 2.69. The predicted molar refractivity (Wildman–Crippen MR) is 52.6 cm³/mol. The molecule has 0 saturated heterocycles. The molecule has 2 heteroatoms. The van der Waals surface area contributed by atoms with Gasteiger partial charge in [0.2, 0.25) is 0 Å². The second-order valence-corrected chi connectivity index (χ2v) is 5.50. The number of hydrogen-bond donors (Lipinski definition) is 1. The van der Waals surface area contributed by atoms with Gasteiger partial charge in [-0.05, 0) is 31.1 Å². The van der Waals surface area contributed by atoms with Gasteiger partial charge in [0.25, 0.3) is 0 Å². The molecule has 1 aliphatic carbocycles. The van der Waals surface area contributed by atoms with Gasteiger partial charge in [0.15, 0.2) is 0 Å². The van der Waals surface area contributed by atoms with Crippen LogP contribution in [0.4, 0.5) is 0 Å². The van der Waals surface area contributed by atoms with Crippen LogP contribution in [0.3, 0.4) is 0 Å². The van der Waals surface area contributed by atoms with Crippen molar-refractivity contribution in [3.63, 3.8) is 0 Å². The summed E-state index contributed by atoms with van der Waals surface area (Å²) in [6.45, 7) is 6.61. The highest BCUT2D eigenvalue weighted by molar-refractivity contribution is 5.77. The van der Waals surface area contributed by atoms with Crippen LogP contribution in [0.1, 0.15) is 52.9 Å². The van der Waals surface area contributed by atoms with Crippen LogP contribution < -0.4 is 0 Å². The number of carboxylic acids is 1. The first-order valence-corrected chi connectivity index (χ1v) is 5.09. The van der Waals surface area contributed by atoms with E-state index in [1.54, 1.807) is 0 Å². The van der Waals surface area contributed by atoms with Gasteiger partial charge in [-0.3, -0.25) is 4.79 Å². The number of carboxylic acid groups (broad SMARTS) is 1. The molecule has 0 spiro atoms. The van der Waals surface area contributed by atoms with Crippen LogP contribution in [-0.4, -0.2) is 11.1 Å². The summed E-state index contributed by atoms with van der Waals surface area (Å²) < 4.78 is 0. The van der Waals surface area contributed by atoms with Gasteiger partial charge < -0.3 is 5.11 Å². The van der Waals surface area contributed by atoms with Crippen LogP contribution in [0.15, 0.2) is 0 Å².